The van der Waals surface area contributed by atoms with Crippen molar-refractivity contribution >= 4 is 6.03 Å². The van der Waals surface area contributed by atoms with Gasteiger partial charge in [0.05, 0.1) is 0 Å². The van der Waals surface area contributed by atoms with Gasteiger partial charge in [0.2, 0.25) is 0 Å². The number of hydrogen-bond donors (Lipinski definition) is 3. The second-order valence-electron chi connectivity index (χ2n) is 0.906. The van der Waals surface area contributed by atoms with Crippen LogP contribution in [0.4, 0.5) is 4.79 Å². The molecule has 9 heavy (non-hydrogen) atoms. The van der Waals surface area contributed by atoms with Gasteiger partial charge in [-0.25, -0.2) is 4.79 Å². The van der Waals surface area contributed by atoms with Crippen molar-refractivity contribution < 1.29 is 14.8 Å². The summed E-state index contributed by atoms with van der Waals surface area (Å²) in [5, 5.41) is 8.17. The van der Waals surface area contributed by atoms with Crippen LogP contribution in [0.5, 0.6) is 0 Å². The van der Waals surface area contributed by atoms with Gasteiger partial charge in [-0.1, -0.05) is 5.59 Å². The molecule has 0 heterocycles. The molecule has 0 aromatic heterocycles. The highest BCUT2D eigenvalue weighted by atomic mass is 17.0. The number of urea groups is 1. The monoisotopic (exact) mass is 136 g/mol. The summed E-state index contributed by atoms with van der Waals surface area (Å²) < 4.78 is 0. The normalized spacial score (nSPS) is 8.00. The molecule has 0 unspecified atom stereocenters. The standard InChI is InChI=1S/CH4N4O4/c2-1(6)3-4-9-5(7)8/h4H,(H3,2,3,6). The van der Waals surface area contributed by atoms with Crippen molar-refractivity contribution in [2.75, 3.05) is 0 Å². The van der Waals surface area contributed by atoms with E-state index in [0.29, 0.717) is 0 Å². The Bertz CT molecular complexity index is 108. The molecule has 0 aromatic rings. The maximum absolute atomic E-state index is 9.73. The number of carbonyl (C=O) groups excluding carboxylic acids is 1. The van der Waals surface area contributed by atoms with Gasteiger partial charge in [0.15, 0.2) is 0 Å². The van der Waals surface area contributed by atoms with Gasteiger partial charge >= 0.3 is 11.1 Å². The Labute approximate surface area is 49.0 Å². The zero-order valence-electron chi connectivity index (χ0n) is 4.16. The predicted octanol–water partition coefficient (Wildman–Crippen LogP) is -1.72. The fourth-order valence-corrected chi connectivity index (χ4v) is 0.110. The Morgan fingerprint density at radius 3 is 2.67 bits per heavy atom. The maximum atomic E-state index is 9.73. The Balaban J connectivity index is 3.10. The molecule has 0 fully saturated rings. The summed E-state index contributed by atoms with van der Waals surface area (Å²) in [7, 11) is 0. The fourth-order valence-electron chi connectivity index (χ4n) is 0.110. The van der Waals surface area contributed by atoms with E-state index in [0.717, 1.165) is 0 Å². The van der Waals surface area contributed by atoms with Crippen LogP contribution >= 0.6 is 0 Å². The minimum atomic E-state index is -1.14. The summed E-state index contributed by atoms with van der Waals surface area (Å²) in [5.74, 6) is 0. The van der Waals surface area contributed by atoms with Gasteiger partial charge in [0.1, 0.15) is 0 Å². The third-order valence-electron chi connectivity index (χ3n) is 0.294. The lowest BCUT2D eigenvalue weighted by atomic mass is 11.2. The number of hydrazine groups is 1. The summed E-state index contributed by atoms with van der Waals surface area (Å²) in [4.78, 5) is 22.4. The third-order valence-corrected chi connectivity index (χ3v) is 0.294. The van der Waals surface area contributed by atoms with Crippen molar-refractivity contribution in [3.63, 3.8) is 0 Å². The molecular weight excluding hydrogens is 132 g/mol. The molecule has 8 heteroatoms. The number of amides is 2. The number of carbonyl (C=O) groups is 1. The molecule has 0 aliphatic rings. The van der Waals surface area contributed by atoms with E-state index in [9.17, 15) is 14.9 Å². The second-order valence-corrected chi connectivity index (χ2v) is 0.906. The Morgan fingerprint density at radius 1 is 1.78 bits per heavy atom. The average molecular weight is 136 g/mol. The van der Waals surface area contributed by atoms with Crippen molar-refractivity contribution in [3.05, 3.63) is 10.1 Å². The molecule has 0 spiro atoms. The van der Waals surface area contributed by atoms with Crippen LogP contribution in [0.15, 0.2) is 0 Å². The van der Waals surface area contributed by atoms with E-state index in [-0.39, 0.29) is 0 Å². The predicted molar refractivity (Wildman–Crippen MR) is 23.9 cm³/mol. The summed E-state index contributed by atoms with van der Waals surface area (Å²) in [5.41, 5.74) is 7.53. The number of hydrogen-bond acceptors (Lipinski definition) is 5. The first-order valence-electron chi connectivity index (χ1n) is 1.74. The highest BCUT2D eigenvalue weighted by Crippen LogP contribution is 1.60. The van der Waals surface area contributed by atoms with E-state index in [1.165, 1.54) is 5.59 Å². The Morgan fingerprint density at radius 2 is 2.33 bits per heavy atom. The van der Waals surface area contributed by atoms with Crippen LogP contribution in [0, 0.1) is 10.1 Å². The first-order valence-corrected chi connectivity index (χ1v) is 1.74. The molecule has 0 saturated carbocycles. The number of rotatable bonds is 3. The van der Waals surface area contributed by atoms with Gasteiger partial charge in [0, 0.05) is 0 Å². The van der Waals surface area contributed by atoms with Crippen LogP contribution in [-0.4, -0.2) is 11.1 Å². The SMILES string of the molecule is NC(=O)NNO[N+](=O)[O-]. The minimum absolute atomic E-state index is 0.975. The van der Waals surface area contributed by atoms with E-state index in [1.54, 1.807) is 5.43 Å². The average Bonchev–Trinajstić information content (AvgIpc) is 1.63. The van der Waals surface area contributed by atoms with Gasteiger partial charge in [-0.15, -0.1) is 10.1 Å². The molecule has 0 saturated heterocycles. The van der Waals surface area contributed by atoms with Crippen LogP contribution < -0.4 is 16.7 Å². The number of primary amides is 1. The van der Waals surface area contributed by atoms with Crippen LogP contribution in [0.3, 0.4) is 0 Å². The highest BCUT2D eigenvalue weighted by molar-refractivity contribution is 5.70. The lowest BCUT2D eigenvalue weighted by Crippen LogP contribution is -2.41. The quantitative estimate of drug-likeness (QED) is 0.315. The van der Waals surface area contributed by atoms with E-state index < -0.39 is 11.1 Å². The van der Waals surface area contributed by atoms with E-state index in [2.05, 4.69) is 10.7 Å². The maximum Gasteiger partial charge on any atom is 0.328 e. The molecule has 0 aliphatic heterocycles. The van der Waals surface area contributed by atoms with E-state index in [1.807, 2.05) is 0 Å². The number of nitrogens with two attached hydrogens (primary N) is 1. The van der Waals surface area contributed by atoms with Gasteiger partial charge in [0.25, 0.3) is 0 Å². The van der Waals surface area contributed by atoms with Gasteiger partial charge in [-0.2, -0.15) is 4.94 Å². The molecule has 52 valence electrons. The second kappa shape index (κ2) is 3.43. The Kier molecular flexibility index (Phi) is 2.84. The lowest BCUT2D eigenvalue weighted by Gasteiger charge is -1.97. The molecule has 0 bridgehead atoms. The van der Waals surface area contributed by atoms with Gasteiger partial charge in [-0.05, 0) is 0 Å². The number of nitrogens with one attached hydrogen (secondary N) is 2. The summed E-state index contributed by atoms with van der Waals surface area (Å²) >= 11 is 0. The minimum Gasteiger partial charge on any atom is -0.351 e. The molecule has 0 rings (SSSR count). The van der Waals surface area contributed by atoms with Crippen molar-refractivity contribution in [3.8, 4) is 0 Å². The van der Waals surface area contributed by atoms with E-state index >= 15 is 0 Å². The Hall–Kier alpha value is -1.57. The van der Waals surface area contributed by atoms with Crippen molar-refractivity contribution in [2.24, 2.45) is 5.73 Å². The third kappa shape index (κ3) is 6.43. The van der Waals surface area contributed by atoms with Crippen LogP contribution in [0.25, 0.3) is 0 Å². The molecule has 0 aliphatic carbocycles. The van der Waals surface area contributed by atoms with Gasteiger partial charge < -0.3 is 5.73 Å². The highest BCUT2D eigenvalue weighted by Gasteiger charge is 1.92. The van der Waals surface area contributed by atoms with E-state index in [4.69, 9.17) is 0 Å². The molecule has 4 N–H and O–H groups in total. The van der Waals surface area contributed by atoms with Crippen molar-refractivity contribution in [1.29, 1.82) is 0 Å². The zero-order valence-corrected chi connectivity index (χ0v) is 4.16. The molecule has 2 amide bonds. The van der Waals surface area contributed by atoms with Gasteiger partial charge in [-0.3, -0.25) is 5.43 Å². The molecule has 8 nitrogen and oxygen atoms in total. The first-order chi connectivity index (χ1) is 4.13. The topological polar surface area (TPSA) is 120 Å². The van der Waals surface area contributed by atoms with Crippen molar-refractivity contribution in [1.82, 2.24) is 11.0 Å². The summed E-state index contributed by atoms with van der Waals surface area (Å²) in [6, 6.07) is -0.975. The van der Waals surface area contributed by atoms with Crippen molar-refractivity contribution in [2.45, 2.75) is 0 Å². The first kappa shape index (κ1) is 7.43. The summed E-state index contributed by atoms with van der Waals surface area (Å²) in [6.07, 6.45) is 0. The number of nitrogens with zero attached hydrogens (tertiary/aromatic N) is 1. The van der Waals surface area contributed by atoms with Crippen LogP contribution in [-0.2, 0) is 4.94 Å². The molecule has 0 atom stereocenters. The van der Waals surface area contributed by atoms with Crippen LogP contribution in [0.2, 0.25) is 0 Å². The summed E-state index contributed by atoms with van der Waals surface area (Å²) in [6.45, 7) is 0. The molecule has 0 aromatic carbocycles. The molecular formula is CH4N4O4. The lowest BCUT2D eigenvalue weighted by molar-refractivity contribution is -0.778. The van der Waals surface area contributed by atoms with Crippen LogP contribution in [0.1, 0.15) is 0 Å². The largest absolute Gasteiger partial charge is 0.351 e. The smallest absolute Gasteiger partial charge is 0.328 e. The molecule has 0 radical (unpaired) electrons. The fraction of sp³-hybridized carbons (Fsp3) is 0. The zero-order chi connectivity index (χ0) is 7.28.